The molecule has 0 amide bonds. The molecular weight excluding hydrogens is 200 g/mol. The van der Waals surface area contributed by atoms with E-state index >= 15 is 0 Å². The van der Waals surface area contributed by atoms with Crippen LogP contribution in [0.1, 0.15) is 34.1 Å². The van der Waals surface area contributed by atoms with Gasteiger partial charge in [-0.25, -0.2) is 0 Å². The van der Waals surface area contributed by atoms with Crippen LogP contribution in [0.25, 0.3) is 0 Å². The fraction of sp³-hybridized carbons (Fsp3) is 1.00. The van der Waals surface area contributed by atoms with E-state index in [9.17, 15) is 0 Å². The smallest absolute Gasteiger partial charge is 0.0489 e. The van der Waals surface area contributed by atoms with Crippen molar-refractivity contribution in [2.45, 2.75) is 46.2 Å². The molecule has 0 aromatic rings. The Balaban J connectivity index is 2.07. The van der Waals surface area contributed by atoms with Gasteiger partial charge in [-0.3, -0.25) is 4.90 Å². The summed E-state index contributed by atoms with van der Waals surface area (Å²) in [6.45, 7) is 14.2. The molecule has 1 fully saturated rings. The van der Waals surface area contributed by atoms with Crippen molar-refractivity contribution in [1.29, 1.82) is 0 Å². The Labute approximate surface area is 101 Å². The molecule has 0 bridgehead atoms. The molecule has 0 aromatic carbocycles. The molecular formula is C13H28N2O. The first-order chi connectivity index (χ1) is 7.59. The van der Waals surface area contributed by atoms with Crippen molar-refractivity contribution < 1.29 is 4.74 Å². The summed E-state index contributed by atoms with van der Waals surface area (Å²) < 4.78 is 5.61. The second-order valence-corrected chi connectivity index (χ2v) is 5.48. The molecule has 2 unspecified atom stereocenters. The summed E-state index contributed by atoms with van der Waals surface area (Å²) in [6, 6.07) is 1.30. The highest BCUT2D eigenvalue weighted by atomic mass is 16.5. The Morgan fingerprint density at radius 2 is 2.12 bits per heavy atom. The van der Waals surface area contributed by atoms with Crippen LogP contribution in [0.4, 0.5) is 0 Å². The maximum Gasteiger partial charge on any atom is 0.0489 e. The highest BCUT2D eigenvalue weighted by Gasteiger charge is 2.21. The first-order valence-corrected chi connectivity index (χ1v) is 6.64. The molecule has 0 spiro atoms. The van der Waals surface area contributed by atoms with E-state index in [0.29, 0.717) is 18.0 Å². The van der Waals surface area contributed by atoms with Crippen LogP contribution < -0.4 is 5.32 Å². The molecule has 0 aromatic heterocycles. The Morgan fingerprint density at radius 1 is 1.38 bits per heavy atom. The van der Waals surface area contributed by atoms with Crippen LogP contribution in [-0.2, 0) is 4.74 Å². The van der Waals surface area contributed by atoms with E-state index in [4.69, 9.17) is 4.74 Å². The van der Waals surface area contributed by atoms with Crippen molar-refractivity contribution in [2.24, 2.45) is 5.92 Å². The van der Waals surface area contributed by atoms with Crippen LogP contribution >= 0.6 is 0 Å². The average Bonchev–Trinajstić information content (AvgIpc) is 2.22. The average molecular weight is 228 g/mol. The van der Waals surface area contributed by atoms with E-state index in [1.807, 2.05) is 0 Å². The standard InChI is InChI=1S/C13H28N2O/c1-11(2)10-16-7-5-6-15-9-12(3)14-8-13(15)4/h11-14H,5-10H2,1-4H3. The monoisotopic (exact) mass is 228 g/mol. The molecule has 1 heterocycles. The highest BCUT2D eigenvalue weighted by molar-refractivity contribution is 4.80. The third kappa shape index (κ3) is 5.28. The third-order valence-electron chi connectivity index (χ3n) is 3.08. The summed E-state index contributed by atoms with van der Waals surface area (Å²) in [6.07, 6.45) is 1.16. The lowest BCUT2D eigenvalue weighted by atomic mass is 10.1. The van der Waals surface area contributed by atoms with Crippen LogP contribution in [-0.4, -0.2) is 49.8 Å². The van der Waals surface area contributed by atoms with E-state index < -0.39 is 0 Å². The summed E-state index contributed by atoms with van der Waals surface area (Å²) in [5.41, 5.74) is 0. The topological polar surface area (TPSA) is 24.5 Å². The van der Waals surface area contributed by atoms with Gasteiger partial charge in [0.2, 0.25) is 0 Å². The predicted molar refractivity (Wildman–Crippen MR) is 68.8 cm³/mol. The third-order valence-corrected chi connectivity index (χ3v) is 3.08. The van der Waals surface area contributed by atoms with Gasteiger partial charge in [0.15, 0.2) is 0 Å². The Kier molecular flexibility index (Phi) is 6.32. The van der Waals surface area contributed by atoms with Gasteiger partial charge < -0.3 is 10.1 Å². The van der Waals surface area contributed by atoms with Gasteiger partial charge in [-0.15, -0.1) is 0 Å². The number of nitrogens with zero attached hydrogens (tertiary/aromatic N) is 1. The van der Waals surface area contributed by atoms with Gasteiger partial charge >= 0.3 is 0 Å². The zero-order valence-corrected chi connectivity index (χ0v) is 11.3. The fourth-order valence-electron chi connectivity index (χ4n) is 2.10. The van der Waals surface area contributed by atoms with Crippen LogP contribution in [0.2, 0.25) is 0 Å². The Hall–Kier alpha value is -0.120. The lowest BCUT2D eigenvalue weighted by Gasteiger charge is -2.37. The molecule has 16 heavy (non-hydrogen) atoms. The van der Waals surface area contributed by atoms with Crippen LogP contribution in [0.5, 0.6) is 0 Å². The number of hydrogen-bond acceptors (Lipinski definition) is 3. The predicted octanol–water partition coefficient (Wildman–Crippen LogP) is 1.73. The number of nitrogens with one attached hydrogen (secondary N) is 1. The van der Waals surface area contributed by atoms with Gasteiger partial charge in [0, 0.05) is 44.9 Å². The molecule has 0 aliphatic carbocycles. The zero-order chi connectivity index (χ0) is 12.0. The van der Waals surface area contributed by atoms with E-state index in [0.717, 1.165) is 26.2 Å². The van der Waals surface area contributed by atoms with Crippen LogP contribution in [0, 0.1) is 5.92 Å². The highest BCUT2D eigenvalue weighted by Crippen LogP contribution is 2.07. The summed E-state index contributed by atoms with van der Waals surface area (Å²) in [7, 11) is 0. The number of rotatable bonds is 6. The Morgan fingerprint density at radius 3 is 2.81 bits per heavy atom. The van der Waals surface area contributed by atoms with Crippen LogP contribution in [0.3, 0.4) is 0 Å². The second-order valence-electron chi connectivity index (χ2n) is 5.48. The van der Waals surface area contributed by atoms with E-state index in [-0.39, 0.29) is 0 Å². The number of piperazine rings is 1. The summed E-state index contributed by atoms with van der Waals surface area (Å²) in [5.74, 6) is 0.651. The maximum atomic E-state index is 5.61. The fourth-order valence-corrected chi connectivity index (χ4v) is 2.10. The van der Waals surface area contributed by atoms with Crippen molar-refractivity contribution in [3.8, 4) is 0 Å². The number of hydrogen-bond donors (Lipinski definition) is 1. The molecule has 2 atom stereocenters. The minimum absolute atomic E-state index is 0.632. The van der Waals surface area contributed by atoms with Crippen molar-refractivity contribution in [1.82, 2.24) is 10.2 Å². The minimum Gasteiger partial charge on any atom is -0.381 e. The molecule has 0 radical (unpaired) electrons. The minimum atomic E-state index is 0.632. The molecule has 1 aliphatic heterocycles. The summed E-state index contributed by atoms with van der Waals surface area (Å²) in [4.78, 5) is 2.57. The largest absolute Gasteiger partial charge is 0.381 e. The molecule has 0 saturated carbocycles. The lowest BCUT2D eigenvalue weighted by molar-refractivity contribution is 0.0854. The van der Waals surface area contributed by atoms with Gasteiger partial charge in [-0.2, -0.15) is 0 Å². The molecule has 1 rings (SSSR count). The van der Waals surface area contributed by atoms with Crippen molar-refractivity contribution in [3.05, 3.63) is 0 Å². The first-order valence-electron chi connectivity index (χ1n) is 6.64. The van der Waals surface area contributed by atoms with Gasteiger partial charge in [0.1, 0.15) is 0 Å². The second kappa shape index (κ2) is 7.25. The zero-order valence-electron chi connectivity index (χ0n) is 11.3. The maximum absolute atomic E-state index is 5.61. The summed E-state index contributed by atoms with van der Waals surface area (Å²) in [5, 5.41) is 3.51. The van der Waals surface area contributed by atoms with Crippen molar-refractivity contribution in [3.63, 3.8) is 0 Å². The van der Waals surface area contributed by atoms with Crippen LogP contribution in [0.15, 0.2) is 0 Å². The van der Waals surface area contributed by atoms with Gasteiger partial charge in [0.25, 0.3) is 0 Å². The molecule has 96 valence electrons. The van der Waals surface area contributed by atoms with Gasteiger partial charge in [-0.05, 0) is 26.2 Å². The molecule has 1 saturated heterocycles. The molecule has 3 heteroatoms. The van der Waals surface area contributed by atoms with Crippen molar-refractivity contribution >= 4 is 0 Å². The molecule has 3 nitrogen and oxygen atoms in total. The SMILES string of the molecule is CC(C)COCCCN1CC(C)NCC1C. The van der Waals surface area contributed by atoms with Gasteiger partial charge in [-0.1, -0.05) is 13.8 Å². The van der Waals surface area contributed by atoms with E-state index in [2.05, 4.69) is 37.9 Å². The first kappa shape index (κ1) is 13.9. The molecule has 1 aliphatic rings. The lowest BCUT2D eigenvalue weighted by Crippen LogP contribution is -2.54. The van der Waals surface area contributed by atoms with Gasteiger partial charge in [0.05, 0.1) is 0 Å². The van der Waals surface area contributed by atoms with E-state index in [1.54, 1.807) is 0 Å². The Bertz CT molecular complexity index is 185. The molecule has 1 N–H and O–H groups in total. The quantitative estimate of drug-likeness (QED) is 0.701. The summed E-state index contributed by atoms with van der Waals surface area (Å²) >= 11 is 0. The van der Waals surface area contributed by atoms with E-state index in [1.165, 1.54) is 13.1 Å². The number of ether oxygens (including phenoxy) is 1. The van der Waals surface area contributed by atoms with Crippen molar-refractivity contribution in [2.75, 3.05) is 32.8 Å². The normalized spacial score (nSPS) is 27.6.